The van der Waals surface area contributed by atoms with E-state index in [9.17, 15) is 19.2 Å². The topological polar surface area (TPSA) is 184 Å². The highest BCUT2D eigenvalue weighted by Crippen LogP contribution is 2.38. The van der Waals surface area contributed by atoms with E-state index in [-0.39, 0.29) is 17.0 Å². The number of aromatic nitrogens is 4. The lowest BCUT2D eigenvalue weighted by atomic mass is 10.0. The van der Waals surface area contributed by atoms with Crippen molar-refractivity contribution in [1.82, 2.24) is 19.5 Å². The summed E-state index contributed by atoms with van der Waals surface area (Å²) in [7, 11) is 0. The van der Waals surface area contributed by atoms with E-state index in [0.29, 0.717) is 0 Å². The van der Waals surface area contributed by atoms with Gasteiger partial charge in [0.1, 0.15) is 24.6 Å². The molecular weight excluding hydrogens is 442 g/mol. The van der Waals surface area contributed by atoms with Gasteiger partial charge in [0.05, 0.1) is 6.33 Å². The van der Waals surface area contributed by atoms with E-state index in [1.54, 1.807) is 0 Å². The second-order valence-electron chi connectivity index (χ2n) is 7.17. The predicted molar refractivity (Wildman–Crippen MR) is 107 cm³/mol. The fourth-order valence-electron chi connectivity index (χ4n) is 3.50. The first-order chi connectivity index (χ1) is 15.6. The largest absolute Gasteiger partial charge is 0.462 e. The van der Waals surface area contributed by atoms with Crippen LogP contribution in [0.2, 0.25) is 0 Å². The Labute approximate surface area is 187 Å². The zero-order valence-corrected chi connectivity index (χ0v) is 18.3. The SMILES string of the molecule is CC(=O)OCC(OC(C)=O)[C@H]1OC(n2cnc3c(N)ncnc32)[C@H](OC(C)=O)[C@H]1OC(C)=O. The highest BCUT2D eigenvalue weighted by molar-refractivity contribution is 5.81. The molecule has 0 bridgehead atoms. The van der Waals surface area contributed by atoms with Crippen molar-refractivity contribution < 1.29 is 42.9 Å². The molecule has 5 atom stereocenters. The van der Waals surface area contributed by atoms with E-state index in [4.69, 9.17) is 29.4 Å². The van der Waals surface area contributed by atoms with Crippen LogP contribution in [0.25, 0.3) is 11.2 Å². The van der Waals surface area contributed by atoms with Crippen molar-refractivity contribution in [3.8, 4) is 0 Å². The summed E-state index contributed by atoms with van der Waals surface area (Å²) in [5.74, 6) is -2.61. The summed E-state index contributed by atoms with van der Waals surface area (Å²) in [6, 6.07) is 0. The molecule has 3 heterocycles. The van der Waals surface area contributed by atoms with Gasteiger partial charge in [-0.3, -0.25) is 23.7 Å². The number of carbonyl (C=O) groups is 4. The number of nitrogens with zero attached hydrogens (tertiary/aromatic N) is 4. The van der Waals surface area contributed by atoms with Crippen LogP contribution in [0.3, 0.4) is 0 Å². The van der Waals surface area contributed by atoms with Crippen LogP contribution in [0, 0.1) is 0 Å². The normalized spacial score (nSPS) is 23.0. The van der Waals surface area contributed by atoms with Crippen LogP contribution in [0.4, 0.5) is 5.82 Å². The Morgan fingerprint density at radius 1 is 1.00 bits per heavy atom. The first-order valence-electron chi connectivity index (χ1n) is 9.82. The minimum Gasteiger partial charge on any atom is -0.462 e. The van der Waals surface area contributed by atoms with Gasteiger partial charge in [-0.15, -0.1) is 0 Å². The molecule has 14 heteroatoms. The molecule has 14 nitrogen and oxygen atoms in total. The quantitative estimate of drug-likeness (QED) is 0.414. The number of carbonyl (C=O) groups excluding carboxylic acids is 4. The zero-order chi connectivity index (χ0) is 24.3. The summed E-state index contributed by atoms with van der Waals surface area (Å²) in [5, 5.41) is 0. The Bertz CT molecular complexity index is 1070. The molecule has 2 aromatic rings. The summed E-state index contributed by atoms with van der Waals surface area (Å²) in [6.07, 6.45) is -3.34. The van der Waals surface area contributed by atoms with Gasteiger partial charge in [0, 0.05) is 27.7 Å². The predicted octanol–water partition coefficient (Wildman–Crippen LogP) is -0.336. The minimum atomic E-state index is -1.23. The Morgan fingerprint density at radius 3 is 2.27 bits per heavy atom. The minimum absolute atomic E-state index is 0.113. The van der Waals surface area contributed by atoms with Crippen LogP contribution in [0.15, 0.2) is 12.7 Å². The first-order valence-corrected chi connectivity index (χ1v) is 9.82. The van der Waals surface area contributed by atoms with Crippen molar-refractivity contribution in [2.75, 3.05) is 12.3 Å². The smallest absolute Gasteiger partial charge is 0.303 e. The molecule has 0 aromatic carbocycles. The van der Waals surface area contributed by atoms with Gasteiger partial charge in [0.2, 0.25) is 0 Å². The van der Waals surface area contributed by atoms with E-state index in [0.717, 1.165) is 13.8 Å². The van der Waals surface area contributed by atoms with Crippen molar-refractivity contribution in [2.45, 2.75) is 58.3 Å². The van der Waals surface area contributed by atoms with Gasteiger partial charge in [-0.25, -0.2) is 15.0 Å². The third kappa shape index (κ3) is 5.34. The molecule has 1 aliphatic rings. The number of nitrogen functional groups attached to an aromatic ring is 1. The zero-order valence-electron chi connectivity index (χ0n) is 18.3. The van der Waals surface area contributed by atoms with Crippen LogP contribution < -0.4 is 5.73 Å². The summed E-state index contributed by atoms with van der Waals surface area (Å²) in [6.45, 7) is 4.26. The molecular formula is C19H23N5O9. The van der Waals surface area contributed by atoms with Crippen LogP contribution in [-0.2, 0) is 42.9 Å². The molecule has 0 aliphatic carbocycles. The number of hydrogen-bond acceptors (Lipinski definition) is 13. The maximum absolute atomic E-state index is 11.9. The number of fused-ring (bicyclic) bond motifs is 1. The number of esters is 4. The van der Waals surface area contributed by atoms with Crippen molar-refractivity contribution in [1.29, 1.82) is 0 Å². The van der Waals surface area contributed by atoms with E-state index in [2.05, 4.69) is 15.0 Å². The van der Waals surface area contributed by atoms with Crippen molar-refractivity contribution in [2.24, 2.45) is 0 Å². The molecule has 1 fully saturated rings. The number of ether oxygens (including phenoxy) is 5. The molecule has 2 unspecified atom stereocenters. The average Bonchev–Trinajstić information content (AvgIpc) is 3.27. The second-order valence-corrected chi connectivity index (χ2v) is 7.17. The van der Waals surface area contributed by atoms with Gasteiger partial charge < -0.3 is 29.4 Å². The van der Waals surface area contributed by atoms with E-state index < -0.39 is 61.1 Å². The third-order valence-electron chi connectivity index (χ3n) is 4.63. The van der Waals surface area contributed by atoms with Crippen molar-refractivity contribution in [3.63, 3.8) is 0 Å². The molecule has 2 aromatic heterocycles. The van der Waals surface area contributed by atoms with Crippen LogP contribution in [-0.4, -0.2) is 74.4 Å². The van der Waals surface area contributed by atoms with Crippen LogP contribution in [0.5, 0.6) is 0 Å². The Morgan fingerprint density at radius 2 is 1.67 bits per heavy atom. The van der Waals surface area contributed by atoms with E-state index >= 15 is 0 Å². The maximum atomic E-state index is 11.9. The monoisotopic (exact) mass is 465 g/mol. The van der Waals surface area contributed by atoms with Gasteiger partial charge in [0.25, 0.3) is 0 Å². The molecule has 0 radical (unpaired) electrons. The maximum Gasteiger partial charge on any atom is 0.303 e. The fraction of sp³-hybridized carbons (Fsp3) is 0.526. The van der Waals surface area contributed by atoms with E-state index in [1.807, 2.05) is 0 Å². The van der Waals surface area contributed by atoms with Gasteiger partial charge in [0.15, 0.2) is 36.0 Å². The Kier molecular flexibility index (Phi) is 7.06. The van der Waals surface area contributed by atoms with E-state index in [1.165, 1.54) is 31.1 Å². The number of imidazole rings is 1. The van der Waals surface area contributed by atoms with Gasteiger partial charge in [-0.05, 0) is 0 Å². The number of nitrogens with two attached hydrogens (primary N) is 1. The lowest BCUT2D eigenvalue weighted by Gasteiger charge is -2.27. The van der Waals surface area contributed by atoms with Crippen LogP contribution >= 0.6 is 0 Å². The molecule has 3 rings (SSSR count). The van der Waals surface area contributed by atoms with Gasteiger partial charge in [-0.2, -0.15) is 0 Å². The van der Waals surface area contributed by atoms with Crippen molar-refractivity contribution >= 4 is 40.9 Å². The van der Waals surface area contributed by atoms with Crippen LogP contribution in [0.1, 0.15) is 33.9 Å². The fourth-order valence-corrected chi connectivity index (χ4v) is 3.50. The van der Waals surface area contributed by atoms with Crippen molar-refractivity contribution in [3.05, 3.63) is 12.7 Å². The number of rotatable bonds is 7. The average molecular weight is 465 g/mol. The lowest BCUT2D eigenvalue weighted by Crippen LogP contribution is -2.46. The summed E-state index contributed by atoms with van der Waals surface area (Å²) >= 11 is 0. The highest BCUT2D eigenvalue weighted by atomic mass is 16.7. The Hall–Kier alpha value is -3.81. The molecule has 0 amide bonds. The number of anilines is 1. The second kappa shape index (κ2) is 9.77. The Balaban J connectivity index is 2.07. The third-order valence-corrected chi connectivity index (χ3v) is 4.63. The standard InChI is InChI=1S/C19H23N5O9/c1-8(25)29-5-12(30-9(2)26)14-15(31-10(3)27)16(32-11(4)28)19(33-14)24-7-23-13-17(20)21-6-22-18(13)24/h6-7,12,14-16,19H,5H2,1-4H3,(H2,20,21,22)/t12?,14-,15+,16-,19?/m1/s1. The molecule has 0 spiro atoms. The molecule has 2 N–H and O–H groups in total. The number of hydrogen-bond donors (Lipinski definition) is 1. The molecule has 178 valence electrons. The first kappa shape index (κ1) is 23.8. The highest BCUT2D eigenvalue weighted by Gasteiger charge is 2.54. The van der Waals surface area contributed by atoms with Gasteiger partial charge >= 0.3 is 23.9 Å². The molecule has 1 aliphatic heterocycles. The summed E-state index contributed by atoms with van der Waals surface area (Å²) < 4.78 is 28.6. The molecule has 0 saturated carbocycles. The summed E-state index contributed by atoms with van der Waals surface area (Å²) in [4.78, 5) is 59.0. The molecule has 33 heavy (non-hydrogen) atoms. The lowest BCUT2D eigenvalue weighted by molar-refractivity contribution is -0.177. The van der Waals surface area contributed by atoms with Gasteiger partial charge in [-0.1, -0.05) is 0 Å². The molecule has 1 saturated heterocycles. The summed E-state index contributed by atoms with van der Waals surface area (Å²) in [5.41, 5.74) is 6.38.